The molecule has 114 valence electrons. The highest BCUT2D eigenvalue weighted by molar-refractivity contribution is 6.30. The van der Waals surface area contributed by atoms with Gasteiger partial charge in [0.05, 0.1) is 10.7 Å². The van der Waals surface area contributed by atoms with E-state index in [4.69, 9.17) is 11.6 Å². The molecule has 2 aromatic rings. The van der Waals surface area contributed by atoms with Gasteiger partial charge in [-0.1, -0.05) is 29.8 Å². The number of hydrogen-bond donors (Lipinski definition) is 0. The molecule has 1 aromatic heterocycles. The van der Waals surface area contributed by atoms with Crippen molar-refractivity contribution < 1.29 is 4.39 Å². The van der Waals surface area contributed by atoms with Crippen molar-refractivity contribution in [3.05, 3.63) is 65.6 Å². The Morgan fingerprint density at radius 2 is 1.91 bits per heavy atom. The highest BCUT2D eigenvalue weighted by Gasteiger charge is 2.20. The van der Waals surface area contributed by atoms with Crippen molar-refractivity contribution in [2.45, 2.75) is 31.6 Å². The molecule has 0 unspecified atom stereocenters. The van der Waals surface area contributed by atoms with Gasteiger partial charge in [-0.3, -0.25) is 4.98 Å². The number of rotatable bonds is 3. The zero-order valence-electron chi connectivity index (χ0n) is 12.4. The summed E-state index contributed by atoms with van der Waals surface area (Å²) in [6, 6.07) is 8.88. The molecule has 22 heavy (non-hydrogen) atoms. The van der Waals surface area contributed by atoms with E-state index in [1.165, 1.54) is 37.3 Å². The van der Waals surface area contributed by atoms with E-state index in [0.29, 0.717) is 11.8 Å². The SMILES string of the molecule is C=C[C@H]1CC[C@H](c2ccc(-c3ccc(Cl)c(F)c3)nc2)CC1. The number of pyridine rings is 1. The standard InChI is InChI=1S/C19H19ClFN/c1-2-13-3-5-14(6-4-13)16-8-10-19(22-12-16)15-7-9-17(20)18(21)11-15/h2,7-14H,1,3-6H2/t13-,14-. The third kappa shape index (κ3) is 3.22. The molecule has 1 fully saturated rings. The Labute approximate surface area is 135 Å². The average molecular weight is 316 g/mol. The van der Waals surface area contributed by atoms with E-state index in [1.807, 2.05) is 12.3 Å². The third-order valence-corrected chi connectivity index (χ3v) is 4.88. The van der Waals surface area contributed by atoms with Crippen molar-refractivity contribution in [2.75, 3.05) is 0 Å². The molecule has 0 radical (unpaired) electrons. The molecule has 0 bridgehead atoms. The quantitative estimate of drug-likeness (QED) is 0.633. The molecule has 0 spiro atoms. The van der Waals surface area contributed by atoms with Crippen molar-refractivity contribution >= 4 is 11.6 Å². The first-order valence-corrected chi connectivity index (χ1v) is 8.09. The number of benzene rings is 1. The number of allylic oxidation sites excluding steroid dienone is 1. The number of aromatic nitrogens is 1. The Bertz CT molecular complexity index is 658. The lowest BCUT2D eigenvalue weighted by atomic mass is 9.79. The van der Waals surface area contributed by atoms with Gasteiger partial charge in [0.15, 0.2) is 0 Å². The number of nitrogens with zero attached hydrogens (tertiary/aromatic N) is 1. The van der Waals surface area contributed by atoms with E-state index in [-0.39, 0.29) is 5.02 Å². The monoisotopic (exact) mass is 315 g/mol. The van der Waals surface area contributed by atoms with Crippen molar-refractivity contribution in [1.82, 2.24) is 4.98 Å². The fourth-order valence-corrected chi connectivity index (χ4v) is 3.28. The molecular weight excluding hydrogens is 297 g/mol. The fraction of sp³-hybridized carbons (Fsp3) is 0.316. The molecule has 0 saturated heterocycles. The largest absolute Gasteiger partial charge is 0.256 e. The van der Waals surface area contributed by atoms with Crippen LogP contribution in [0.5, 0.6) is 0 Å². The van der Waals surface area contributed by atoms with Gasteiger partial charge in [0.25, 0.3) is 0 Å². The Morgan fingerprint density at radius 1 is 1.14 bits per heavy atom. The van der Waals surface area contributed by atoms with E-state index in [1.54, 1.807) is 12.1 Å². The van der Waals surface area contributed by atoms with Crippen LogP contribution in [0.15, 0.2) is 49.2 Å². The van der Waals surface area contributed by atoms with Crippen molar-refractivity contribution in [1.29, 1.82) is 0 Å². The van der Waals surface area contributed by atoms with Crippen LogP contribution in [-0.4, -0.2) is 4.98 Å². The predicted octanol–water partition coefficient (Wildman–Crippen LogP) is 6.00. The molecule has 3 heteroatoms. The molecule has 3 rings (SSSR count). The first-order valence-electron chi connectivity index (χ1n) is 7.71. The second-order valence-electron chi connectivity index (χ2n) is 5.95. The van der Waals surface area contributed by atoms with Crippen LogP contribution in [0, 0.1) is 11.7 Å². The normalized spacial score (nSPS) is 21.5. The summed E-state index contributed by atoms with van der Waals surface area (Å²) < 4.78 is 13.5. The van der Waals surface area contributed by atoms with Crippen LogP contribution in [0.4, 0.5) is 4.39 Å². The summed E-state index contributed by atoms with van der Waals surface area (Å²) in [4.78, 5) is 4.50. The van der Waals surface area contributed by atoms with E-state index < -0.39 is 5.82 Å². The predicted molar refractivity (Wildman–Crippen MR) is 89.5 cm³/mol. The van der Waals surface area contributed by atoms with Gasteiger partial charge >= 0.3 is 0 Å². The summed E-state index contributed by atoms with van der Waals surface area (Å²) in [6.07, 6.45) is 8.80. The Hall–Kier alpha value is -1.67. The maximum absolute atomic E-state index is 13.5. The maximum atomic E-state index is 13.5. The Balaban J connectivity index is 1.75. The lowest BCUT2D eigenvalue weighted by molar-refractivity contribution is 0.376. The average Bonchev–Trinajstić information content (AvgIpc) is 2.58. The van der Waals surface area contributed by atoms with Gasteiger partial charge in [0.2, 0.25) is 0 Å². The minimum absolute atomic E-state index is 0.138. The molecule has 1 nitrogen and oxygen atoms in total. The molecule has 1 aliphatic rings. The summed E-state index contributed by atoms with van der Waals surface area (Å²) in [5.41, 5.74) is 2.81. The van der Waals surface area contributed by atoms with Gasteiger partial charge in [-0.05, 0) is 61.3 Å². The summed E-state index contributed by atoms with van der Waals surface area (Å²) in [6.45, 7) is 3.89. The molecule has 1 saturated carbocycles. The van der Waals surface area contributed by atoms with Crippen LogP contribution in [0.2, 0.25) is 5.02 Å². The highest BCUT2D eigenvalue weighted by atomic mass is 35.5. The van der Waals surface area contributed by atoms with E-state index in [2.05, 4.69) is 23.7 Å². The number of hydrogen-bond acceptors (Lipinski definition) is 1. The zero-order valence-corrected chi connectivity index (χ0v) is 13.2. The summed E-state index contributed by atoms with van der Waals surface area (Å²) in [7, 11) is 0. The summed E-state index contributed by atoms with van der Waals surface area (Å²) in [5.74, 6) is 0.841. The second-order valence-corrected chi connectivity index (χ2v) is 6.36. The van der Waals surface area contributed by atoms with Crippen molar-refractivity contribution in [3.8, 4) is 11.3 Å². The first-order chi connectivity index (χ1) is 10.7. The minimum Gasteiger partial charge on any atom is -0.256 e. The van der Waals surface area contributed by atoms with Crippen LogP contribution in [0.25, 0.3) is 11.3 Å². The molecule has 0 atom stereocenters. The molecular formula is C19H19ClFN. The minimum atomic E-state index is -0.409. The van der Waals surface area contributed by atoms with Gasteiger partial charge in [0, 0.05) is 11.8 Å². The number of halogens is 2. The highest BCUT2D eigenvalue weighted by Crippen LogP contribution is 2.36. The zero-order chi connectivity index (χ0) is 15.5. The van der Waals surface area contributed by atoms with Crippen LogP contribution in [0.1, 0.15) is 37.2 Å². The summed E-state index contributed by atoms with van der Waals surface area (Å²) in [5, 5.41) is 0.138. The Morgan fingerprint density at radius 3 is 2.50 bits per heavy atom. The second kappa shape index (κ2) is 6.62. The fourth-order valence-electron chi connectivity index (χ4n) is 3.16. The van der Waals surface area contributed by atoms with Gasteiger partial charge in [0.1, 0.15) is 5.82 Å². The van der Waals surface area contributed by atoms with E-state index in [0.717, 1.165) is 11.3 Å². The van der Waals surface area contributed by atoms with Gasteiger partial charge in [-0.2, -0.15) is 0 Å². The Kier molecular flexibility index (Phi) is 4.58. The first kappa shape index (κ1) is 15.2. The van der Waals surface area contributed by atoms with Gasteiger partial charge in [-0.25, -0.2) is 4.39 Å². The topological polar surface area (TPSA) is 12.9 Å². The molecule has 0 aliphatic heterocycles. The lowest BCUT2D eigenvalue weighted by Gasteiger charge is -2.26. The van der Waals surface area contributed by atoms with E-state index in [9.17, 15) is 4.39 Å². The molecule has 1 aliphatic carbocycles. The van der Waals surface area contributed by atoms with Crippen LogP contribution in [0.3, 0.4) is 0 Å². The maximum Gasteiger partial charge on any atom is 0.142 e. The van der Waals surface area contributed by atoms with Gasteiger partial charge in [-0.15, -0.1) is 6.58 Å². The summed E-state index contributed by atoms with van der Waals surface area (Å²) >= 11 is 5.72. The molecule has 1 heterocycles. The van der Waals surface area contributed by atoms with Crippen molar-refractivity contribution in [2.24, 2.45) is 5.92 Å². The van der Waals surface area contributed by atoms with Crippen molar-refractivity contribution in [3.63, 3.8) is 0 Å². The molecule has 0 amide bonds. The lowest BCUT2D eigenvalue weighted by Crippen LogP contribution is -2.11. The van der Waals surface area contributed by atoms with Crippen LogP contribution < -0.4 is 0 Å². The molecule has 1 aromatic carbocycles. The van der Waals surface area contributed by atoms with Crippen LogP contribution in [-0.2, 0) is 0 Å². The molecule has 0 N–H and O–H groups in total. The van der Waals surface area contributed by atoms with E-state index >= 15 is 0 Å². The van der Waals surface area contributed by atoms with Gasteiger partial charge < -0.3 is 0 Å². The smallest absolute Gasteiger partial charge is 0.142 e. The van der Waals surface area contributed by atoms with Crippen LogP contribution >= 0.6 is 11.6 Å². The third-order valence-electron chi connectivity index (χ3n) is 4.58.